The van der Waals surface area contributed by atoms with Gasteiger partial charge in [-0.3, -0.25) is 0 Å². The lowest BCUT2D eigenvalue weighted by Gasteiger charge is -2.40. The maximum absolute atomic E-state index is 9.23. The summed E-state index contributed by atoms with van der Waals surface area (Å²) in [5, 5.41) is 11.1. The molecule has 3 rings (SSSR count). The van der Waals surface area contributed by atoms with Crippen LogP contribution in [0.3, 0.4) is 0 Å². The van der Waals surface area contributed by atoms with Crippen molar-refractivity contribution in [1.29, 1.82) is 5.26 Å². The van der Waals surface area contributed by atoms with Crippen LogP contribution in [0.25, 0.3) is 0 Å². The van der Waals surface area contributed by atoms with Crippen molar-refractivity contribution in [1.82, 2.24) is 0 Å². The van der Waals surface area contributed by atoms with Crippen LogP contribution in [0.5, 0.6) is 0 Å². The molecule has 0 aromatic heterocycles. The van der Waals surface area contributed by atoms with Crippen molar-refractivity contribution in [2.45, 2.75) is 37.0 Å². The zero-order chi connectivity index (χ0) is 18.9. The SMILES string of the molecule is CO[C@@H]1OC[C@@H](OCc2ccccc2)[C@H](OCc2ccccc2)[C@H]1SC#N. The molecule has 0 spiro atoms. The molecule has 2 aromatic carbocycles. The van der Waals surface area contributed by atoms with Gasteiger partial charge in [0.2, 0.25) is 0 Å². The molecule has 1 saturated heterocycles. The maximum Gasteiger partial charge on any atom is 0.172 e. The zero-order valence-electron chi connectivity index (χ0n) is 15.2. The van der Waals surface area contributed by atoms with E-state index in [0.29, 0.717) is 19.8 Å². The fraction of sp³-hybridized carbons (Fsp3) is 0.381. The van der Waals surface area contributed by atoms with E-state index in [4.69, 9.17) is 18.9 Å². The average molecular weight is 385 g/mol. The fourth-order valence-corrected chi connectivity index (χ4v) is 3.83. The number of nitriles is 1. The Labute approximate surface area is 164 Å². The first-order chi connectivity index (χ1) is 13.3. The molecule has 6 heteroatoms. The second-order valence-electron chi connectivity index (χ2n) is 6.21. The van der Waals surface area contributed by atoms with Crippen molar-refractivity contribution in [3.63, 3.8) is 0 Å². The summed E-state index contributed by atoms with van der Waals surface area (Å²) < 4.78 is 23.5. The number of thiocyanates is 1. The van der Waals surface area contributed by atoms with Crippen LogP contribution in [-0.4, -0.2) is 37.5 Å². The number of methoxy groups -OCH3 is 1. The Balaban J connectivity index is 1.71. The normalized spacial score (nSPS) is 25.0. The summed E-state index contributed by atoms with van der Waals surface area (Å²) in [4.78, 5) is 0. The lowest BCUT2D eigenvalue weighted by molar-refractivity contribution is -0.225. The van der Waals surface area contributed by atoms with Crippen LogP contribution in [0.1, 0.15) is 11.1 Å². The summed E-state index contributed by atoms with van der Waals surface area (Å²) >= 11 is 1.10. The van der Waals surface area contributed by atoms with Crippen molar-refractivity contribution >= 4 is 11.8 Å². The van der Waals surface area contributed by atoms with Crippen LogP contribution in [0.2, 0.25) is 0 Å². The number of ether oxygens (including phenoxy) is 4. The summed E-state index contributed by atoms with van der Waals surface area (Å²) in [5.41, 5.74) is 2.15. The molecule has 0 unspecified atom stereocenters. The third-order valence-electron chi connectivity index (χ3n) is 4.40. The third kappa shape index (κ3) is 5.55. The minimum Gasteiger partial charge on any atom is -0.369 e. The van der Waals surface area contributed by atoms with Gasteiger partial charge in [0.05, 0.1) is 25.1 Å². The Morgan fingerprint density at radius 1 is 1.00 bits per heavy atom. The second kappa shape index (κ2) is 10.5. The van der Waals surface area contributed by atoms with Gasteiger partial charge < -0.3 is 18.9 Å². The number of hydrogen-bond donors (Lipinski definition) is 0. The standard InChI is InChI=1S/C21H23NO4S/c1-23-21-20(27-15-22)19(25-13-17-10-6-3-7-11-17)18(14-26-21)24-12-16-8-4-2-5-9-16/h2-11,18-21H,12-14H2,1H3/t18-,19+,20-,21-/m1/s1. The molecule has 4 atom stereocenters. The van der Waals surface area contributed by atoms with Crippen molar-refractivity contribution < 1.29 is 18.9 Å². The second-order valence-corrected chi connectivity index (χ2v) is 7.17. The Kier molecular flexibility index (Phi) is 7.69. The molecule has 0 saturated carbocycles. The lowest BCUT2D eigenvalue weighted by Crippen LogP contribution is -2.54. The number of benzene rings is 2. The van der Waals surface area contributed by atoms with Gasteiger partial charge in [-0.05, 0) is 22.9 Å². The van der Waals surface area contributed by atoms with E-state index in [9.17, 15) is 5.26 Å². The summed E-state index contributed by atoms with van der Waals surface area (Å²) in [7, 11) is 1.58. The van der Waals surface area contributed by atoms with Crippen LogP contribution in [0.4, 0.5) is 0 Å². The number of hydrogen-bond acceptors (Lipinski definition) is 6. The quantitative estimate of drug-likeness (QED) is 0.645. The Morgan fingerprint density at radius 3 is 2.15 bits per heavy atom. The van der Waals surface area contributed by atoms with Crippen LogP contribution in [0, 0.1) is 10.7 Å². The maximum atomic E-state index is 9.23. The highest BCUT2D eigenvalue weighted by Crippen LogP contribution is 2.31. The van der Waals surface area contributed by atoms with Gasteiger partial charge >= 0.3 is 0 Å². The van der Waals surface area contributed by atoms with Crippen molar-refractivity contribution in [2.75, 3.05) is 13.7 Å². The zero-order valence-corrected chi connectivity index (χ0v) is 16.0. The minimum absolute atomic E-state index is 0.286. The largest absolute Gasteiger partial charge is 0.369 e. The first kappa shape index (κ1) is 19.9. The monoisotopic (exact) mass is 385 g/mol. The van der Waals surface area contributed by atoms with E-state index in [0.717, 1.165) is 22.9 Å². The van der Waals surface area contributed by atoms with Gasteiger partial charge in [0.1, 0.15) is 17.6 Å². The first-order valence-electron chi connectivity index (χ1n) is 8.82. The van der Waals surface area contributed by atoms with Gasteiger partial charge in [-0.15, -0.1) is 0 Å². The average Bonchev–Trinajstić information content (AvgIpc) is 2.73. The molecule has 0 amide bonds. The Bertz CT molecular complexity index is 722. The predicted molar refractivity (Wildman–Crippen MR) is 104 cm³/mol. The molecule has 2 aromatic rings. The van der Waals surface area contributed by atoms with Crippen molar-refractivity contribution in [3.05, 3.63) is 71.8 Å². The summed E-state index contributed by atoms with van der Waals surface area (Å²) in [5.74, 6) is 0. The number of rotatable bonds is 8. The molecule has 1 heterocycles. The van der Waals surface area contributed by atoms with Crippen molar-refractivity contribution in [2.24, 2.45) is 0 Å². The molecule has 0 radical (unpaired) electrons. The molecule has 0 N–H and O–H groups in total. The molecular formula is C21H23NO4S. The topological polar surface area (TPSA) is 60.7 Å². The van der Waals surface area contributed by atoms with Crippen LogP contribution in [0.15, 0.2) is 60.7 Å². The minimum atomic E-state index is -0.507. The molecule has 1 aliphatic heterocycles. The smallest absolute Gasteiger partial charge is 0.172 e. The summed E-state index contributed by atoms with van der Waals surface area (Å²) in [6, 6.07) is 19.9. The number of nitrogens with zero attached hydrogens (tertiary/aromatic N) is 1. The van der Waals surface area contributed by atoms with Gasteiger partial charge in [-0.25, -0.2) is 0 Å². The van der Waals surface area contributed by atoms with E-state index in [1.807, 2.05) is 60.7 Å². The Hall–Kier alpha value is -1.88. The first-order valence-corrected chi connectivity index (χ1v) is 9.70. The van der Waals surface area contributed by atoms with Gasteiger partial charge in [0.15, 0.2) is 6.29 Å². The molecule has 1 fully saturated rings. The highest BCUT2D eigenvalue weighted by atomic mass is 32.2. The van der Waals surface area contributed by atoms with Crippen molar-refractivity contribution in [3.8, 4) is 5.40 Å². The molecule has 0 aliphatic carbocycles. The molecule has 5 nitrogen and oxygen atoms in total. The molecule has 142 valence electrons. The van der Waals surface area contributed by atoms with E-state index in [1.54, 1.807) is 7.11 Å². The Morgan fingerprint density at radius 2 is 1.59 bits per heavy atom. The van der Waals surface area contributed by atoms with Crippen LogP contribution >= 0.6 is 11.8 Å². The van der Waals surface area contributed by atoms with Crippen LogP contribution < -0.4 is 0 Å². The highest BCUT2D eigenvalue weighted by molar-refractivity contribution is 8.04. The lowest BCUT2D eigenvalue weighted by atomic mass is 10.1. The van der Waals surface area contributed by atoms with E-state index >= 15 is 0 Å². The highest BCUT2D eigenvalue weighted by Gasteiger charge is 2.43. The fourth-order valence-electron chi connectivity index (χ4n) is 3.02. The summed E-state index contributed by atoms with van der Waals surface area (Å²) in [6.07, 6.45) is -1.12. The molecular weight excluding hydrogens is 362 g/mol. The van der Waals surface area contributed by atoms with E-state index < -0.39 is 6.29 Å². The molecule has 0 bridgehead atoms. The van der Waals surface area contributed by atoms with Crippen LogP contribution in [-0.2, 0) is 32.2 Å². The summed E-state index contributed by atoms with van der Waals surface area (Å²) in [6.45, 7) is 1.25. The van der Waals surface area contributed by atoms with E-state index in [2.05, 4.69) is 5.40 Å². The van der Waals surface area contributed by atoms with Gasteiger partial charge in [0, 0.05) is 7.11 Å². The third-order valence-corrected chi connectivity index (χ3v) is 5.26. The predicted octanol–water partition coefficient (Wildman–Crippen LogP) is 3.74. The van der Waals surface area contributed by atoms with E-state index in [-0.39, 0.29) is 17.5 Å². The van der Waals surface area contributed by atoms with Gasteiger partial charge in [-0.1, -0.05) is 60.7 Å². The molecule has 1 aliphatic rings. The molecule has 27 heavy (non-hydrogen) atoms. The number of thioether (sulfide) groups is 1. The van der Waals surface area contributed by atoms with Gasteiger partial charge in [0.25, 0.3) is 0 Å². The van der Waals surface area contributed by atoms with E-state index in [1.165, 1.54) is 0 Å². The van der Waals surface area contributed by atoms with Gasteiger partial charge in [-0.2, -0.15) is 5.26 Å².